The lowest BCUT2D eigenvalue weighted by atomic mass is 10.1. The average Bonchev–Trinajstić information content (AvgIpc) is 4.03. The van der Waals surface area contributed by atoms with Crippen molar-refractivity contribution in [1.29, 1.82) is 0 Å². The standard InChI is InChI=1S/4C15H15NO3Si/c4*1-19-11-5-7-13-12-6-4-10(16(17)18)8-14(12)20(2,3)15(13)9-11/h4*4-9H,1-3H3. The minimum atomic E-state index is -1.89. The molecular weight excluding hydrogens is 1080 g/mol. The second-order valence-electron chi connectivity index (χ2n) is 22.1. The molecule has 80 heavy (non-hydrogen) atoms. The molecule has 408 valence electrons. The summed E-state index contributed by atoms with van der Waals surface area (Å²) in [5.74, 6) is 3.36. The number of nitro groups is 4. The Balaban J connectivity index is 0.000000129. The number of rotatable bonds is 8. The summed E-state index contributed by atoms with van der Waals surface area (Å²) in [6, 6.07) is 45.1. The zero-order valence-electron chi connectivity index (χ0n) is 46.5. The van der Waals surface area contributed by atoms with Gasteiger partial charge in [0.15, 0.2) is 0 Å². The third kappa shape index (κ3) is 9.66. The van der Waals surface area contributed by atoms with E-state index in [0.29, 0.717) is 0 Å². The predicted molar refractivity (Wildman–Crippen MR) is 327 cm³/mol. The highest BCUT2D eigenvalue weighted by atomic mass is 28.3. The Morgan fingerprint density at radius 1 is 0.263 bits per heavy atom. The molecule has 8 aromatic carbocycles. The molecule has 0 saturated heterocycles. The van der Waals surface area contributed by atoms with Gasteiger partial charge in [0.1, 0.15) is 55.3 Å². The smallest absolute Gasteiger partial charge is 0.269 e. The molecule has 20 heteroatoms. The fraction of sp³-hybridized carbons (Fsp3) is 0.200. The minimum Gasteiger partial charge on any atom is -0.497 e. The third-order valence-corrected chi connectivity index (χ3v) is 30.4. The molecule has 0 unspecified atom stereocenters. The summed E-state index contributed by atoms with van der Waals surface area (Å²) < 4.78 is 21.2. The van der Waals surface area contributed by atoms with Gasteiger partial charge in [0.05, 0.1) is 48.1 Å². The quantitative estimate of drug-likeness (QED) is 0.0791. The van der Waals surface area contributed by atoms with Crippen LogP contribution in [0.5, 0.6) is 23.0 Å². The Bertz CT molecular complexity index is 3400. The van der Waals surface area contributed by atoms with Crippen LogP contribution in [0.3, 0.4) is 0 Å². The van der Waals surface area contributed by atoms with Gasteiger partial charge in [0, 0.05) is 48.5 Å². The van der Waals surface area contributed by atoms with Gasteiger partial charge in [-0.3, -0.25) is 40.5 Å². The topological polar surface area (TPSA) is 209 Å². The summed E-state index contributed by atoms with van der Waals surface area (Å²) in [7, 11) is -0.939. The molecule has 0 bridgehead atoms. The van der Waals surface area contributed by atoms with Crippen LogP contribution in [0.25, 0.3) is 44.5 Å². The molecule has 0 radical (unpaired) electrons. The number of ether oxygens (including phenoxy) is 4. The summed E-state index contributed by atoms with van der Waals surface area (Å²) in [5, 5.41) is 53.6. The SMILES string of the molecule is COc1ccc2c(c1)[Si](C)(C)c1cc([N+](=O)[O-])ccc1-2.COc1ccc2c(c1)[Si](C)(C)c1cc([N+](=O)[O-])ccc1-2.COc1ccc2c(c1)[Si](C)(C)c1cc([N+](=O)[O-])ccc1-2.COc1ccc2c(c1)[Si](C)(C)c1cc([N+](=O)[O-])ccc1-2. The Kier molecular flexibility index (Phi) is 14.7. The first-order valence-corrected chi connectivity index (χ1v) is 37.7. The van der Waals surface area contributed by atoms with Gasteiger partial charge < -0.3 is 18.9 Å². The maximum absolute atomic E-state index is 11.0. The fourth-order valence-corrected chi connectivity index (χ4v) is 24.1. The molecule has 8 aromatic rings. The monoisotopic (exact) mass is 1140 g/mol. The number of hydrogen-bond donors (Lipinski definition) is 0. The lowest BCUT2D eigenvalue weighted by Gasteiger charge is -2.18. The Labute approximate surface area is 467 Å². The van der Waals surface area contributed by atoms with Gasteiger partial charge in [-0.2, -0.15) is 0 Å². The summed E-state index contributed by atoms with van der Waals surface area (Å²) in [6.45, 7) is 17.8. The second kappa shape index (κ2) is 20.9. The number of nitro benzene ring substituents is 4. The summed E-state index contributed by atoms with van der Waals surface area (Å²) in [6.07, 6.45) is 0. The molecule has 4 aliphatic rings. The molecule has 0 N–H and O–H groups in total. The number of fused-ring (bicyclic) bond motifs is 12. The highest BCUT2D eigenvalue weighted by Gasteiger charge is 2.42. The number of methoxy groups -OCH3 is 4. The summed E-state index contributed by atoms with van der Waals surface area (Å²) >= 11 is 0. The second-order valence-corrected chi connectivity index (χ2v) is 39.4. The van der Waals surface area contributed by atoms with E-state index in [1.54, 1.807) is 77.0 Å². The van der Waals surface area contributed by atoms with E-state index in [0.717, 1.165) is 66.0 Å². The van der Waals surface area contributed by atoms with E-state index in [1.165, 1.54) is 43.0 Å². The number of nitrogens with zero attached hydrogens (tertiary/aromatic N) is 4. The van der Waals surface area contributed by atoms with Crippen molar-refractivity contribution in [3.05, 3.63) is 186 Å². The Morgan fingerprint density at radius 3 is 0.562 bits per heavy atom. The van der Waals surface area contributed by atoms with Crippen molar-refractivity contribution in [2.45, 2.75) is 52.4 Å². The molecule has 0 saturated carbocycles. The fourth-order valence-electron chi connectivity index (χ4n) is 11.8. The van der Waals surface area contributed by atoms with E-state index in [9.17, 15) is 40.5 Å². The van der Waals surface area contributed by atoms with E-state index >= 15 is 0 Å². The minimum absolute atomic E-state index is 0.170. The summed E-state index contributed by atoms with van der Waals surface area (Å²) in [5.41, 5.74) is 9.95. The molecular formula is C60H60N4O12Si4. The highest BCUT2D eigenvalue weighted by molar-refractivity contribution is 7.05. The van der Waals surface area contributed by atoms with Crippen LogP contribution < -0.4 is 60.4 Å². The van der Waals surface area contributed by atoms with Crippen molar-refractivity contribution in [1.82, 2.24) is 0 Å². The van der Waals surface area contributed by atoms with Crippen LogP contribution >= 0.6 is 0 Å². The van der Waals surface area contributed by atoms with E-state index in [-0.39, 0.29) is 42.4 Å². The maximum atomic E-state index is 11.0. The lowest BCUT2D eigenvalue weighted by Crippen LogP contribution is -2.49. The average molecular weight is 1140 g/mol. The van der Waals surface area contributed by atoms with Gasteiger partial charge >= 0.3 is 0 Å². The zero-order chi connectivity index (χ0) is 58.0. The maximum Gasteiger partial charge on any atom is 0.269 e. The number of hydrogen-bond acceptors (Lipinski definition) is 12. The zero-order valence-corrected chi connectivity index (χ0v) is 50.5. The van der Waals surface area contributed by atoms with Crippen molar-refractivity contribution in [3.63, 3.8) is 0 Å². The molecule has 16 nitrogen and oxygen atoms in total. The van der Waals surface area contributed by atoms with Gasteiger partial charge in [-0.15, -0.1) is 0 Å². The molecule has 0 spiro atoms. The van der Waals surface area contributed by atoms with E-state index in [1.807, 2.05) is 48.5 Å². The first kappa shape index (κ1) is 56.2. The molecule has 0 atom stereocenters. The third-order valence-electron chi connectivity index (χ3n) is 16.3. The largest absolute Gasteiger partial charge is 0.497 e. The van der Waals surface area contributed by atoms with Gasteiger partial charge in [-0.1, -0.05) is 76.6 Å². The van der Waals surface area contributed by atoms with Crippen molar-refractivity contribution in [3.8, 4) is 67.5 Å². The van der Waals surface area contributed by atoms with Crippen LogP contribution in [0.1, 0.15) is 0 Å². The van der Waals surface area contributed by atoms with Gasteiger partial charge in [-0.25, -0.2) is 0 Å². The van der Waals surface area contributed by atoms with Crippen molar-refractivity contribution in [2.75, 3.05) is 28.4 Å². The summed E-state index contributed by atoms with van der Waals surface area (Å²) in [4.78, 5) is 42.6. The normalized spacial score (nSPS) is 14.6. The molecule has 4 heterocycles. The van der Waals surface area contributed by atoms with E-state index < -0.39 is 32.3 Å². The predicted octanol–water partition coefficient (Wildman–Crippen LogP) is 9.63. The van der Waals surface area contributed by atoms with Crippen LogP contribution in [0.4, 0.5) is 22.7 Å². The first-order chi connectivity index (χ1) is 37.8. The van der Waals surface area contributed by atoms with Crippen molar-refractivity contribution >= 4 is 96.5 Å². The highest BCUT2D eigenvalue weighted by Crippen LogP contribution is 2.36. The molecule has 12 rings (SSSR count). The number of non-ortho nitro benzene ring substituents is 4. The van der Waals surface area contributed by atoms with Crippen molar-refractivity contribution in [2.24, 2.45) is 0 Å². The van der Waals surface area contributed by atoms with Crippen LogP contribution in [-0.4, -0.2) is 80.4 Å². The van der Waals surface area contributed by atoms with E-state index in [4.69, 9.17) is 18.9 Å². The van der Waals surface area contributed by atoms with Crippen LogP contribution in [0, 0.1) is 40.5 Å². The molecule has 0 aliphatic carbocycles. The van der Waals surface area contributed by atoms with E-state index in [2.05, 4.69) is 101 Å². The van der Waals surface area contributed by atoms with Crippen LogP contribution in [0.15, 0.2) is 146 Å². The Morgan fingerprint density at radius 2 is 0.412 bits per heavy atom. The first-order valence-electron chi connectivity index (χ1n) is 25.7. The Hall–Kier alpha value is -8.57. The van der Waals surface area contributed by atoms with Crippen molar-refractivity contribution < 1.29 is 38.6 Å². The van der Waals surface area contributed by atoms with Crippen LogP contribution in [0.2, 0.25) is 52.4 Å². The van der Waals surface area contributed by atoms with Gasteiger partial charge in [-0.05, 0) is 159 Å². The lowest BCUT2D eigenvalue weighted by molar-refractivity contribution is -0.384. The number of benzene rings is 8. The molecule has 0 aromatic heterocycles. The van der Waals surface area contributed by atoms with Gasteiger partial charge in [0.25, 0.3) is 22.7 Å². The van der Waals surface area contributed by atoms with Gasteiger partial charge in [0.2, 0.25) is 0 Å². The molecule has 4 aliphatic heterocycles. The van der Waals surface area contributed by atoms with Crippen LogP contribution in [-0.2, 0) is 0 Å². The molecule has 0 fully saturated rings. The molecule has 0 amide bonds.